The monoisotopic (exact) mass is 359 g/mol. The van der Waals surface area contributed by atoms with Gasteiger partial charge in [0.25, 0.3) is 0 Å². The Hall–Kier alpha value is -2.18. The number of carbonyl (C=O) groups is 1. The molecule has 1 amide bonds. The lowest BCUT2D eigenvalue weighted by Gasteiger charge is -2.33. The summed E-state index contributed by atoms with van der Waals surface area (Å²) < 4.78 is 29.8. The highest BCUT2D eigenvalue weighted by molar-refractivity contribution is 7.93. The second-order valence-corrected chi connectivity index (χ2v) is 8.62. The Balaban J connectivity index is 1.97. The molecule has 0 saturated carbocycles. The quantitative estimate of drug-likeness (QED) is 0.908. The molecule has 0 unspecified atom stereocenters. The number of aryl methyl sites for hydroxylation is 1. The van der Waals surface area contributed by atoms with Gasteiger partial charge in [0.05, 0.1) is 4.90 Å². The Morgan fingerprint density at radius 2 is 1.44 bits per heavy atom. The summed E-state index contributed by atoms with van der Waals surface area (Å²) in [4.78, 5) is 12.1. The van der Waals surface area contributed by atoms with Gasteiger partial charge in [0, 0.05) is 13.2 Å². The van der Waals surface area contributed by atoms with E-state index >= 15 is 0 Å². The van der Waals surface area contributed by atoms with Crippen molar-refractivity contribution in [3.8, 4) is 11.1 Å². The van der Waals surface area contributed by atoms with Crippen LogP contribution in [0, 0.1) is 6.92 Å². The molecule has 1 aliphatic heterocycles. The Bertz CT molecular complexity index is 865. The summed E-state index contributed by atoms with van der Waals surface area (Å²) in [6.45, 7) is 2.43. The van der Waals surface area contributed by atoms with Crippen LogP contribution in [0.2, 0.25) is 0 Å². The van der Waals surface area contributed by atoms with Crippen LogP contribution >= 0.6 is 0 Å². The SMILES string of the molecule is Cc1ccc(-c2ccc(S(=O)(=O)C3(C(N)=O)CCOCC3)cc2)cc1. The molecular formula is C19H21NO4S. The van der Waals surface area contributed by atoms with Gasteiger partial charge in [-0.05, 0) is 43.0 Å². The van der Waals surface area contributed by atoms with E-state index in [1.165, 1.54) is 0 Å². The summed E-state index contributed by atoms with van der Waals surface area (Å²) in [6, 6.07) is 14.6. The van der Waals surface area contributed by atoms with Crippen molar-refractivity contribution in [1.82, 2.24) is 0 Å². The molecule has 1 aliphatic rings. The normalized spacial score (nSPS) is 17.2. The molecule has 6 heteroatoms. The van der Waals surface area contributed by atoms with E-state index in [1.54, 1.807) is 24.3 Å². The lowest BCUT2D eigenvalue weighted by Crippen LogP contribution is -2.53. The molecule has 2 N–H and O–H groups in total. The molecule has 132 valence electrons. The van der Waals surface area contributed by atoms with Crippen molar-refractivity contribution < 1.29 is 17.9 Å². The van der Waals surface area contributed by atoms with Gasteiger partial charge in [-0.3, -0.25) is 4.79 Å². The number of benzene rings is 2. The molecule has 0 radical (unpaired) electrons. The zero-order valence-electron chi connectivity index (χ0n) is 14.1. The fraction of sp³-hybridized carbons (Fsp3) is 0.316. The van der Waals surface area contributed by atoms with Gasteiger partial charge in [0.2, 0.25) is 5.91 Å². The van der Waals surface area contributed by atoms with Crippen LogP contribution in [0.1, 0.15) is 18.4 Å². The number of hydrogen-bond acceptors (Lipinski definition) is 4. The van der Waals surface area contributed by atoms with Gasteiger partial charge >= 0.3 is 0 Å². The first kappa shape index (κ1) is 17.6. The average molecular weight is 359 g/mol. The van der Waals surface area contributed by atoms with Gasteiger partial charge in [0.1, 0.15) is 0 Å². The molecule has 0 aromatic heterocycles. The number of nitrogens with two attached hydrogens (primary N) is 1. The zero-order chi connectivity index (χ0) is 18.1. The first-order valence-electron chi connectivity index (χ1n) is 8.16. The lowest BCUT2D eigenvalue weighted by molar-refractivity contribution is -0.122. The van der Waals surface area contributed by atoms with Crippen LogP contribution in [0.3, 0.4) is 0 Å². The number of amides is 1. The van der Waals surface area contributed by atoms with Crippen molar-refractivity contribution in [2.75, 3.05) is 13.2 Å². The molecule has 1 fully saturated rings. The third-order valence-corrected chi connectivity index (χ3v) is 7.34. The van der Waals surface area contributed by atoms with Crippen molar-refractivity contribution in [3.63, 3.8) is 0 Å². The van der Waals surface area contributed by atoms with Crippen LogP contribution in [0.15, 0.2) is 53.4 Å². The Kier molecular flexibility index (Phi) is 4.67. The van der Waals surface area contributed by atoms with E-state index in [-0.39, 0.29) is 31.0 Å². The molecule has 25 heavy (non-hydrogen) atoms. The third kappa shape index (κ3) is 3.07. The largest absolute Gasteiger partial charge is 0.381 e. The van der Waals surface area contributed by atoms with Crippen molar-refractivity contribution in [2.45, 2.75) is 29.4 Å². The van der Waals surface area contributed by atoms with Crippen LogP contribution in [0.25, 0.3) is 11.1 Å². The molecule has 0 aliphatic carbocycles. The van der Waals surface area contributed by atoms with E-state index in [0.717, 1.165) is 16.7 Å². The first-order valence-corrected chi connectivity index (χ1v) is 9.64. The first-order chi connectivity index (χ1) is 11.9. The van der Waals surface area contributed by atoms with E-state index in [1.807, 2.05) is 31.2 Å². The minimum absolute atomic E-state index is 0.0877. The van der Waals surface area contributed by atoms with Crippen LogP contribution < -0.4 is 5.73 Å². The smallest absolute Gasteiger partial charge is 0.239 e. The van der Waals surface area contributed by atoms with Gasteiger partial charge in [-0.2, -0.15) is 0 Å². The number of carbonyl (C=O) groups excluding carboxylic acids is 1. The minimum atomic E-state index is -3.88. The van der Waals surface area contributed by atoms with Gasteiger partial charge < -0.3 is 10.5 Å². The number of sulfone groups is 1. The molecule has 0 spiro atoms. The second-order valence-electron chi connectivity index (χ2n) is 6.36. The van der Waals surface area contributed by atoms with E-state index in [4.69, 9.17) is 10.5 Å². The highest BCUT2D eigenvalue weighted by Gasteiger charge is 2.50. The van der Waals surface area contributed by atoms with Gasteiger partial charge in [-0.25, -0.2) is 8.42 Å². The Morgan fingerprint density at radius 3 is 1.92 bits per heavy atom. The van der Waals surface area contributed by atoms with Crippen molar-refractivity contribution >= 4 is 15.7 Å². The summed E-state index contributed by atoms with van der Waals surface area (Å²) in [7, 11) is -3.88. The Morgan fingerprint density at radius 1 is 0.960 bits per heavy atom. The summed E-state index contributed by atoms with van der Waals surface area (Å²) in [5.41, 5.74) is 8.57. The second kappa shape index (κ2) is 6.61. The molecule has 0 bridgehead atoms. The van der Waals surface area contributed by atoms with E-state index in [0.29, 0.717) is 0 Å². The van der Waals surface area contributed by atoms with Crippen LogP contribution in [0.5, 0.6) is 0 Å². The maximum absolute atomic E-state index is 13.1. The molecule has 5 nitrogen and oxygen atoms in total. The fourth-order valence-corrected chi connectivity index (χ4v) is 5.06. The van der Waals surface area contributed by atoms with Crippen molar-refractivity contribution in [1.29, 1.82) is 0 Å². The van der Waals surface area contributed by atoms with Crippen LogP contribution in [-0.4, -0.2) is 32.3 Å². The predicted molar refractivity (Wildman–Crippen MR) is 95.8 cm³/mol. The van der Waals surface area contributed by atoms with Gasteiger partial charge in [0.15, 0.2) is 14.6 Å². The lowest BCUT2D eigenvalue weighted by atomic mass is 9.98. The van der Waals surface area contributed by atoms with Crippen molar-refractivity contribution in [2.24, 2.45) is 5.73 Å². The minimum Gasteiger partial charge on any atom is -0.381 e. The Labute approximate surface area is 147 Å². The molecule has 0 atom stereocenters. The number of hydrogen-bond donors (Lipinski definition) is 1. The third-order valence-electron chi connectivity index (χ3n) is 4.81. The molecular weight excluding hydrogens is 338 g/mol. The molecule has 2 aromatic rings. The topological polar surface area (TPSA) is 86.5 Å². The number of primary amides is 1. The molecule has 2 aromatic carbocycles. The van der Waals surface area contributed by atoms with Crippen LogP contribution in [0.4, 0.5) is 0 Å². The summed E-state index contributed by atoms with van der Waals surface area (Å²) >= 11 is 0. The van der Waals surface area contributed by atoms with Crippen molar-refractivity contribution in [3.05, 3.63) is 54.1 Å². The molecule has 1 heterocycles. The highest BCUT2D eigenvalue weighted by atomic mass is 32.2. The maximum atomic E-state index is 13.1. The average Bonchev–Trinajstić information content (AvgIpc) is 2.63. The summed E-state index contributed by atoms with van der Waals surface area (Å²) in [5.74, 6) is -0.807. The number of ether oxygens (including phenoxy) is 1. The maximum Gasteiger partial charge on any atom is 0.239 e. The molecule has 1 saturated heterocycles. The van der Waals surface area contributed by atoms with E-state index in [9.17, 15) is 13.2 Å². The highest BCUT2D eigenvalue weighted by Crippen LogP contribution is 2.35. The summed E-state index contributed by atoms with van der Waals surface area (Å²) in [5, 5.41) is 0. The van der Waals surface area contributed by atoms with Gasteiger partial charge in [-0.1, -0.05) is 42.0 Å². The fourth-order valence-electron chi connectivity index (χ4n) is 3.15. The zero-order valence-corrected chi connectivity index (χ0v) is 14.9. The van der Waals surface area contributed by atoms with E-state index in [2.05, 4.69) is 0 Å². The van der Waals surface area contributed by atoms with Gasteiger partial charge in [-0.15, -0.1) is 0 Å². The van der Waals surface area contributed by atoms with Crippen LogP contribution in [-0.2, 0) is 19.4 Å². The predicted octanol–water partition coefficient (Wildman–Crippen LogP) is 2.47. The summed E-state index contributed by atoms with van der Waals surface area (Å²) in [6.07, 6.45) is 0.175. The van der Waals surface area contributed by atoms with E-state index < -0.39 is 20.5 Å². The standard InChI is InChI=1S/C19H21NO4S/c1-14-2-4-15(5-3-14)16-6-8-17(9-7-16)25(22,23)19(18(20)21)10-12-24-13-11-19/h2-9H,10-13H2,1H3,(H2,20,21). The molecule has 3 rings (SSSR count). The number of rotatable bonds is 4.